The number of alkyl halides is 2. The highest BCUT2D eigenvalue weighted by Crippen LogP contribution is 2.29. The summed E-state index contributed by atoms with van der Waals surface area (Å²) < 4.78 is 27.5. The summed E-state index contributed by atoms with van der Waals surface area (Å²) >= 11 is 0. The molecule has 7 nitrogen and oxygen atoms in total. The molecule has 1 unspecified atom stereocenters. The number of hydrogen-bond acceptors (Lipinski definition) is 6. The Hall–Kier alpha value is -3.20. The van der Waals surface area contributed by atoms with Crippen molar-refractivity contribution in [3.8, 4) is 0 Å². The summed E-state index contributed by atoms with van der Waals surface area (Å²) in [4.78, 5) is 23.3. The summed E-state index contributed by atoms with van der Waals surface area (Å²) in [6.07, 6.45) is 2.66. The molecule has 1 atom stereocenters. The number of aromatic nitrogens is 3. The molecule has 0 radical (unpaired) electrons. The Labute approximate surface area is 178 Å². The second-order valence-electron chi connectivity index (χ2n) is 7.76. The number of nitrogens with one attached hydrogen (secondary N) is 2. The van der Waals surface area contributed by atoms with Gasteiger partial charge in [-0.15, -0.1) is 0 Å². The fourth-order valence-electron chi connectivity index (χ4n) is 4.10. The van der Waals surface area contributed by atoms with Crippen molar-refractivity contribution < 1.29 is 8.78 Å². The first kappa shape index (κ1) is 21.0. The van der Waals surface area contributed by atoms with Crippen LogP contribution in [-0.4, -0.2) is 38.5 Å². The van der Waals surface area contributed by atoms with Gasteiger partial charge in [-0.25, -0.2) is 18.4 Å². The van der Waals surface area contributed by atoms with Gasteiger partial charge in [-0.1, -0.05) is 6.08 Å². The Morgan fingerprint density at radius 3 is 2.81 bits per heavy atom. The zero-order valence-electron chi connectivity index (χ0n) is 17.6. The van der Waals surface area contributed by atoms with E-state index < -0.39 is 17.7 Å². The third-order valence-electron chi connectivity index (χ3n) is 5.98. The number of pyridine rings is 1. The molecule has 2 aliphatic heterocycles. The van der Waals surface area contributed by atoms with Crippen LogP contribution in [-0.2, 0) is 13.0 Å². The number of fused-ring (bicyclic) bond motifs is 2. The monoisotopic (exact) mass is 426 g/mol. The minimum atomic E-state index is -2.80. The van der Waals surface area contributed by atoms with E-state index in [1.807, 2.05) is 19.9 Å². The smallest absolute Gasteiger partial charge is 0.280 e. The van der Waals surface area contributed by atoms with E-state index in [4.69, 9.17) is 5.41 Å². The number of nitrogens with zero attached hydrogens (tertiary/aromatic N) is 4. The van der Waals surface area contributed by atoms with E-state index in [1.165, 1.54) is 10.9 Å². The van der Waals surface area contributed by atoms with Crippen molar-refractivity contribution in [1.82, 2.24) is 19.5 Å². The maximum atomic E-state index is 13.1. The molecule has 2 aromatic heterocycles. The fraction of sp³-hybridized carbons (Fsp3) is 0.364. The maximum Gasteiger partial charge on any atom is 0.280 e. The molecule has 0 bridgehead atoms. The van der Waals surface area contributed by atoms with Gasteiger partial charge >= 0.3 is 0 Å². The van der Waals surface area contributed by atoms with Crippen molar-refractivity contribution in [3.05, 3.63) is 68.7 Å². The third kappa shape index (κ3) is 3.69. The van der Waals surface area contributed by atoms with E-state index in [0.717, 1.165) is 47.0 Å². The average Bonchev–Trinajstić information content (AvgIpc) is 2.76. The van der Waals surface area contributed by atoms with E-state index in [1.54, 1.807) is 13.1 Å². The van der Waals surface area contributed by atoms with Gasteiger partial charge in [0, 0.05) is 49.2 Å². The minimum absolute atomic E-state index is 0.224. The lowest BCUT2D eigenvalue weighted by Crippen LogP contribution is -2.52. The fourth-order valence-corrected chi connectivity index (χ4v) is 4.10. The van der Waals surface area contributed by atoms with Gasteiger partial charge in [0.2, 0.25) is 0 Å². The van der Waals surface area contributed by atoms with E-state index in [9.17, 15) is 13.6 Å². The number of hydrogen-bond donors (Lipinski definition) is 2. The van der Waals surface area contributed by atoms with E-state index in [2.05, 4.69) is 26.4 Å². The largest absolute Gasteiger partial charge is 0.308 e. The molecule has 2 N–H and O–H groups in total. The molecule has 9 heteroatoms. The predicted molar refractivity (Wildman–Crippen MR) is 116 cm³/mol. The third-order valence-corrected chi connectivity index (χ3v) is 5.98. The second kappa shape index (κ2) is 8.14. The van der Waals surface area contributed by atoms with Gasteiger partial charge in [-0.3, -0.25) is 20.1 Å². The molecule has 0 aliphatic carbocycles. The second-order valence-corrected chi connectivity index (χ2v) is 7.76. The molecule has 2 aliphatic rings. The van der Waals surface area contributed by atoms with Crippen molar-refractivity contribution in [2.24, 2.45) is 0 Å². The van der Waals surface area contributed by atoms with Crippen LogP contribution in [0.3, 0.4) is 0 Å². The highest BCUT2D eigenvalue weighted by atomic mass is 19.3. The number of halogens is 2. The number of allylic oxidation sites excluding steroid dienone is 3. The molecule has 31 heavy (non-hydrogen) atoms. The SMILES string of the molecule is C/C=C(\C=N)c1cnc2c(c1)CN(C1Nn3c(nc(C(F)F)cc3=O)C(C)=C1C)CC2. The molecule has 4 heterocycles. The molecule has 0 aromatic carbocycles. The molecule has 2 aromatic rings. The Morgan fingerprint density at radius 1 is 1.35 bits per heavy atom. The van der Waals surface area contributed by atoms with Crippen molar-refractivity contribution >= 4 is 17.4 Å². The first-order valence-corrected chi connectivity index (χ1v) is 10.1. The molecular formula is C22H24F2N6O. The Balaban J connectivity index is 1.67. The summed E-state index contributed by atoms with van der Waals surface area (Å²) in [7, 11) is 0. The van der Waals surface area contributed by atoms with Gasteiger partial charge in [0.25, 0.3) is 12.0 Å². The quantitative estimate of drug-likeness (QED) is 0.732. The topological polar surface area (TPSA) is 86.9 Å². The van der Waals surface area contributed by atoms with Crippen molar-refractivity contribution in [2.45, 2.75) is 46.3 Å². The molecule has 0 spiro atoms. The van der Waals surface area contributed by atoms with E-state index in [-0.39, 0.29) is 12.0 Å². The van der Waals surface area contributed by atoms with Crippen LogP contribution in [0.1, 0.15) is 55.5 Å². The normalized spacial score (nSPS) is 19.2. The molecular weight excluding hydrogens is 402 g/mol. The first-order valence-electron chi connectivity index (χ1n) is 10.1. The average molecular weight is 426 g/mol. The first-order chi connectivity index (χ1) is 14.8. The standard InChI is InChI=1S/C22H24F2N6O/c1-4-14(9-25)15-7-16-11-29(6-5-17(16)26-10-15)22-13(3)12(2)21-27-18(20(23)24)8-19(31)30(21)28-22/h4,7-10,20,22,25,28H,5-6,11H2,1-3H3/b14-4+,25-9?. The lowest BCUT2D eigenvalue weighted by molar-refractivity contribution is 0.145. The van der Waals surface area contributed by atoms with Crippen molar-refractivity contribution in [3.63, 3.8) is 0 Å². The molecule has 0 fully saturated rings. The molecule has 0 saturated heterocycles. The van der Waals surface area contributed by atoms with Gasteiger partial charge in [0.15, 0.2) is 5.82 Å². The van der Waals surface area contributed by atoms with Crippen LogP contribution in [0, 0.1) is 5.41 Å². The lowest BCUT2D eigenvalue weighted by atomic mass is 9.98. The molecule has 162 valence electrons. The summed E-state index contributed by atoms with van der Waals surface area (Å²) in [6, 6.07) is 2.93. The minimum Gasteiger partial charge on any atom is -0.308 e. The van der Waals surface area contributed by atoms with Gasteiger partial charge in [0.05, 0.1) is 0 Å². The molecule has 0 saturated carbocycles. The summed E-state index contributed by atoms with van der Waals surface area (Å²) in [6.45, 7) is 6.96. The van der Waals surface area contributed by atoms with Crippen LogP contribution in [0.25, 0.3) is 11.1 Å². The van der Waals surface area contributed by atoms with E-state index in [0.29, 0.717) is 12.1 Å². The summed E-state index contributed by atoms with van der Waals surface area (Å²) in [5.41, 5.74) is 7.53. The van der Waals surface area contributed by atoms with Crippen LogP contribution in [0.5, 0.6) is 0 Å². The summed E-state index contributed by atoms with van der Waals surface area (Å²) in [5.74, 6) is 0.224. The van der Waals surface area contributed by atoms with Crippen molar-refractivity contribution in [1.29, 1.82) is 5.41 Å². The zero-order valence-corrected chi connectivity index (χ0v) is 17.6. The Bertz CT molecular complexity index is 1170. The maximum absolute atomic E-state index is 13.1. The van der Waals surface area contributed by atoms with Crippen LogP contribution in [0.4, 0.5) is 8.78 Å². The molecule has 4 rings (SSSR count). The van der Waals surface area contributed by atoms with E-state index >= 15 is 0 Å². The van der Waals surface area contributed by atoms with Crippen molar-refractivity contribution in [2.75, 3.05) is 12.0 Å². The van der Waals surface area contributed by atoms with Gasteiger partial charge in [-0.2, -0.15) is 0 Å². The van der Waals surface area contributed by atoms with Gasteiger partial charge in [-0.05, 0) is 49.1 Å². The lowest BCUT2D eigenvalue weighted by Gasteiger charge is -2.40. The number of rotatable bonds is 4. The zero-order chi connectivity index (χ0) is 22.3. The van der Waals surface area contributed by atoms with Gasteiger partial charge in [0.1, 0.15) is 11.9 Å². The Morgan fingerprint density at radius 2 is 2.13 bits per heavy atom. The Kier molecular flexibility index (Phi) is 5.53. The summed E-state index contributed by atoms with van der Waals surface area (Å²) in [5, 5.41) is 7.58. The molecule has 0 amide bonds. The highest BCUT2D eigenvalue weighted by molar-refractivity contribution is 6.08. The van der Waals surface area contributed by atoms with Crippen LogP contribution in [0.15, 0.2) is 34.8 Å². The van der Waals surface area contributed by atoms with Crippen LogP contribution < -0.4 is 11.0 Å². The van der Waals surface area contributed by atoms with Crippen LogP contribution >= 0.6 is 0 Å². The van der Waals surface area contributed by atoms with Gasteiger partial charge < -0.3 is 5.41 Å². The predicted octanol–water partition coefficient (Wildman–Crippen LogP) is 3.36. The highest BCUT2D eigenvalue weighted by Gasteiger charge is 2.32. The van der Waals surface area contributed by atoms with Crippen LogP contribution in [0.2, 0.25) is 0 Å².